The molecule has 1 aliphatic heterocycles. The smallest absolute Gasteiger partial charge is 0.335 e. The third kappa shape index (κ3) is 5.34. The average Bonchev–Trinajstić information content (AvgIpc) is 2.44. The molecule has 0 aliphatic carbocycles. The molecule has 0 unspecified atom stereocenters. The van der Waals surface area contributed by atoms with Crippen molar-refractivity contribution in [2.75, 3.05) is 0 Å². The topological polar surface area (TPSA) is 150 Å². The summed E-state index contributed by atoms with van der Waals surface area (Å²) in [4.78, 5) is 19.5. The van der Waals surface area contributed by atoms with Gasteiger partial charge in [-0.1, -0.05) is 17.7 Å². The van der Waals surface area contributed by atoms with Crippen LogP contribution in [-0.4, -0.2) is 50.2 Å². The van der Waals surface area contributed by atoms with Gasteiger partial charge in [-0.05, 0) is 26.0 Å². The molecule has 6 N–H and O–H groups in total. The first-order valence-corrected chi connectivity index (χ1v) is 7.38. The van der Waals surface area contributed by atoms with Crippen molar-refractivity contribution in [3.8, 4) is 5.75 Å². The minimum absolute atomic E-state index is 0.0472. The van der Waals surface area contributed by atoms with Crippen LogP contribution >= 0.6 is 11.6 Å². The van der Waals surface area contributed by atoms with E-state index < -0.39 is 24.1 Å². The minimum atomic E-state index is -2.27. The zero-order valence-corrected chi connectivity index (χ0v) is 13.9. The van der Waals surface area contributed by atoms with Crippen molar-refractivity contribution in [2.45, 2.75) is 44.1 Å². The first-order valence-electron chi connectivity index (χ1n) is 7.00. The summed E-state index contributed by atoms with van der Waals surface area (Å²) in [6.07, 6.45) is -3.70. The maximum atomic E-state index is 9.77. The van der Waals surface area contributed by atoms with Crippen LogP contribution in [0.3, 0.4) is 0 Å². The third-order valence-electron chi connectivity index (χ3n) is 3.28. The number of aliphatic hydroxyl groups is 2. The molecule has 0 saturated heterocycles. The molecule has 0 aromatic heterocycles. The highest BCUT2D eigenvalue weighted by Crippen LogP contribution is 2.39. The Bertz CT molecular complexity index is 602. The van der Waals surface area contributed by atoms with Gasteiger partial charge in [0, 0.05) is 23.0 Å². The standard InChI is InChI=1S/C11H14ClNO.C4H6O6/c1-11(2)6-9(13)8-4-3-7(12)5-10(8)14-11;5-1(3(7)8)2(6)4(9)10/h3-5,9H,6,13H2,1-2H3;1-2,5-6H,(H,7,8)(H,9,10)/t9-;1-,2-/m10/s1. The SMILES string of the molecule is CC1(C)C[C@@H](N)c2ccc(Cl)cc2O1.O=C(O)[C@@H](O)[C@H](O)C(=O)O. The molecule has 2 rings (SSSR count). The van der Waals surface area contributed by atoms with Gasteiger partial charge in [-0.25, -0.2) is 9.59 Å². The molecule has 1 aromatic carbocycles. The van der Waals surface area contributed by atoms with E-state index in [1.54, 1.807) is 0 Å². The van der Waals surface area contributed by atoms with Crippen molar-refractivity contribution in [2.24, 2.45) is 5.73 Å². The minimum Gasteiger partial charge on any atom is -0.487 e. The molecule has 9 heteroatoms. The molecular formula is C15H20ClNO7. The van der Waals surface area contributed by atoms with Gasteiger partial charge in [0.05, 0.1) is 0 Å². The van der Waals surface area contributed by atoms with Crippen LogP contribution in [-0.2, 0) is 9.59 Å². The van der Waals surface area contributed by atoms with Crippen LogP contribution in [0.15, 0.2) is 18.2 Å². The van der Waals surface area contributed by atoms with Gasteiger partial charge in [0.15, 0.2) is 12.2 Å². The van der Waals surface area contributed by atoms with E-state index >= 15 is 0 Å². The number of nitrogens with two attached hydrogens (primary N) is 1. The van der Waals surface area contributed by atoms with E-state index in [1.807, 2.05) is 32.0 Å². The number of halogens is 1. The molecule has 0 saturated carbocycles. The lowest BCUT2D eigenvalue weighted by Gasteiger charge is -2.36. The van der Waals surface area contributed by atoms with Crippen LogP contribution in [0, 0.1) is 0 Å². The fourth-order valence-electron chi connectivity index (χ4n) is 2.15. The molecule has 0 bridgehead atoms. The van der Waals surface area contributed by atoms with Crippen molar-refractivity contribution in [3.63, 3.8) is 0 Å². The summed E-state index contributed by atoms with van der Waals surface area (Å²) in [6.45, 7) is 4.08. The Morgan fingerprint density at radius 1 is 1.25 bits per heavy atom. The second kappa shape index (κ2) is 7.80. The molecule has 0 fully saturated rings. The Morgan fingerprint density at radius 2 is 1.75 bits per heavy atom. The zero-order chi connectivity index (χ0) is 18.7. The molecule has 3 atom stereocenters. The van der Waals surface area contributed by atoms with Gasteiger partial charge >= 0.3 is 11.9 Å². The number of aliphatic hydroxyl groups excluding tert-OH is 2. The summed E-state index contributed by atoms with van der Waals surface area (Å²) >= 11 is 5.90. The first-order chi connectivity index (χ1) is 10.9. The van der Waals surface area contributed by atoms with Crippen LogP contribution in [0.2, 0.25) is 5.02 Å². The summed E-state index contributed by atoms with van der Waals surface area (Å²) in [5.41, 5.74) is 6.90. The van der Waals surface area contributed by atoms with Crippen LogP contribution in [0.4, 0.5) is 0 Å². The molecule has 1 heterocycles. The van der Waals surface area contributed by atoms with E-state index in [0.29, 0.717) is 5.02 Å². The summed E-state index contributed by atoms with van der Waals surface area (Å²) in [6, 6.07) is 5.67. The number of benzene rings is 1. The van der Waals surface area contributed by atoms with Gasteiger partial charge in [-0.15, -0.1) is 0 Å². The second-order valence-corrected chi connectivity index (χ2v) is 6.36. The van der Waals surface area contributed by atoms with E-state index in [4.69, 9.17) is 42.5 Å². The summed E-state index contributed by atoms with van der Waals surface area (Å²) < 4.78 is 5.81. The quantitative estimate of drug-likeness (QED) is 0.530. The van der Waals surface area contributed by atoms with Crippen molar-refractivity contribution in [1.82, 2.24) is 0 Å². The molecule has 134 valence electrons. The van der Waals surface area contributed by atoms with Crippen molar-refractivity contribution >= 4 is 23.5 Å². The lowest BCUT2D eigenvalue weighted by molar-refractivity contribution is -0.165. The Morgan fingerprint density at radius 3 is 2.21 bits per heavy atom. The number of ether oxygens (including phenoxy) is 1. The first kappa shape index (κ1) is 20.2. The zero-order valence-electron chi connectivity index (χ0n) is 13.1. The van der Waals surface area contributed by atoms with Gasteiger partial charge in [-0.3, -0.25) is 0 Å². The Balaban J connectivity index is 0.000000257. The number of carboxylic acids is 2. The van der Waals surface area contributed by atoms with Gasteiger partial charge in [0.1, 0.15) is 11.4 Å². The second-order valence-electron chi connectivity index (χ2n) is 5.92. The predicted molar refractivity (Wildman–Crippen MR) is 85.0 cm³/mol. The highest BCUT2D eigenvalue weighted by molar-refractivity contribution is 6.30. The summed E-state index contributed by atoms with van der Waals surface area (Å²) in [5.74, 6) is -2.72. The van der Waals surface area contributed by atoms with Gasteiger partial charge in [0.2, 0.25) is 0 Å². The molecule has 8 nitrogen and oxygen atoms in total. The highest BCUT2D eigenvalue weighted by Gasteiger charge is 2.31. The molecule has 1 aliphatic rings. The van der Waals surface area contributed by atoms with E-state index in [-0.39, 0.29) is 11.6 Å². The lowest BCUT2D eigenvalue weighted by atomic mass is 9.90. The lowest BCUT2D eigenvalue weighted by Crippen LogP contribution is -2.39. The Hall–Kier alpha value is -1.87. The maximum absolute atomic E-state index is 9.77. The molecule has 0 radical (unpaired) electrons. The Labute approximate surface area is 143 Å². The molecule has 0 amide bonds. The maximum Gasteiger partial charge on any atom is 0.335 e. The van der Waals surface area contributed by atoms with Crippen LogP contribution < -0.4 is 10.5 Å². The van der Waals surface area contributed by atoms with Crippen LogP contribution in [0.1, 0.15) is 31.9 Å². The number of carbonyl (C=O) groups is 2. The monoisotopic (exact) mass is 361 g/mol. The largest absolute Gasteiger partial charge is 0.487 e. The van der Waals surface area contributed by atoms with Crippen molar-refractivity contribution in [1.29, 1.82) is 0 Å². The van der Waals surface area contributed by atoms with Crippen LogP contribution in [0.25, 0.3) is 0 Å². The number of hydrogen-bond acceptors (Lipinski definition) is 6. The fourth-order valence-corrected chi connectivity index (χ4v) is 2.31. The van der Waals surface area contributed by atoms with Crippen molar-refractivity contribution < 1.29 is 34.8 Å². The average molecular weight is 362 g/mol. The number of fused-ring (bicyclic) bond motifs is 1. The van der Waals surface area contributed by atoms with E-state index in [0.717, 1.165) is 17.7 Å². The number of carboxylic acid groups (broad SMARTS) is 2. The molecule has 24 heavy (non-hydrogen) atoms. The highest BCUT2D eigenvalue weighted by atomic mass is 35.5. The summed E-state index contributed by atoms with van der Waals surface area (Å²) in [5, 5.41) is 33.2. The van der Waals surface area contributed by atoms with E-state index in [2.05, 4.69) is 0 Å². The molecule has 0 spiro atoms. The van der Waals surface area contributed by atoms with Gasteiger partial charge in [-0.2, -0.15) is 0 Å². The number of aliphatic carboxylic acids is 2. The normalized spacial score (nSPS) is 20.5. The molecule has 1 aromatic rings. The van der Waals surface area contributed by atoms with E-state index in [9.17, 15) is 9.59 Å². The summed E-state index contributed by atoms with van der Waals surface area (Å²) in [7, 11) is 0. The molecular weight excluding hydrogens is 342 g/mol. The Kier molecular flexibility index (Phi) is 6.56. The number of rotatable bonds is 3. The van der Waals surface area contributed by atoms with Gasteiger partial charge < -0.3 is 30.9 Å². The van der Waals surface area contributed by atoms with Crippen LogP contribution in [0.5, 0.6) is 5.75 Å². The third-order valence-corrected chi connectivity index (χ3v) is 3.51. The van der Waals surface area contributed by atoms with E-state index in [1.165, 1.54) is 0 Å². The predicted octanol–water partition coefficient (Wildman–Crippen LogP) is 0.778. The van der Waals surface area contributed by atoms with Crippen molar-refractivity contribution in [3.05, 3.63) is 28.8 Å². The fraction of sp³-hybridized carbons (Fsp3) is 0.467. The number of hydrogen-bond donors (Lipinski definition) is 5. The van der Waals surface area contributed by atoms with Gasteiger partial charge in [0.25, 0.3) is 0 Å².